The highest BCUT2D eigenvalue weighted by atomic mass is 16.6. The third kappa shape index (κ3) is 11.7. The van der Waals surface area contributed by atoms with E-state index in [0.717, 1.165) is 5.56 Å². The van der Waals surface area contributed by atoms with Crippen molar-refractivity contribution in [3.05, 3.63) is 48.0 Å². The summed E-state index contributed by atoms with van der Waals surface area (Å²) >= 11 is 0. The fourth-order valence-corrected chi connectivity index (χ4v) is 2.69. The summed E-state index contributed by atoms with van der Waals surface area (Å²) in [6.07, 6.45) is 2.29. The second-order valence-electron chi connectivity index (χ2n) is 8.12. The SMILES string of the molecule is CCOC(=O)/C=C/[C@H](CCC(N)=O)NC(=O)[C@H](Cc1ccccc1)NC(=O)OC(C)(C)C. The molecule has 0 spiro atoms. The summed E-state index contributed by atoms with van der Waals surface area (Å²) in [6, 6.07) is 7.56. The fourth-order valence-electron chi connectivity index (χ4n) is 2.69. The third-order valence-electron chi connectivity index (χ3n) is 4.07. The van der Waals surface area contributed by atoms with Gasteiger partial charge in [0.25, 0.3) is 0 Å². The molecule has 0 saturated carbocycles. The van der Waals surface area contributed by atoms with E-state index in [1.54, 1.807) is 27.7 Å². The molecule has 0 aromatic heterocycles. The van der Waals surface area contributed by atoms with Gasteiger partial charge in [-0.15, -0.1) is 0 Å². The number of esters is 1. The van der Waals surface area contributed by atoms with Crippen molar-refractivity contribution in [2.45, 2.75) is 64.6 Å². The lowest BCUT2D eigenvalue weighted by Crippen LogP contribution is -2.51. The molecule has 0 aliphatic heterocycles. The van der Waals surface area contributed by atoms with Crippen LogP contribution in [0.2, 0.25) is 0 Å². The number of hydrogen-bond donors (Lipinski definition) is 3. The van der Waals surface area contributed by atoms with Crippen molar-refractivity contribution >= 4 is 23.9 Å². The summed E-state index contributed by atoms with van der Waals surface area (Å²) in [7, 11) is 0. The maximum atomic E-state index is 13.0. The molecule has 0 radical (unpaired) electrons. The van der Waals surface area contributed by atoms with Gasteiger partial charge in [0.2, 0.25) is 11.8 Å². The van der Waals surface area contributed by atoms with E-state index in [0.29, 0.717) is 0 Å². The molecule has 1 rings (SSSR count). The van der Waals surface area contributed by atoms with Crippen molar-refractivity contribution in [1.82, 2.24) is 10.6 Å². The number of primary amides is 1. The van der Waals surface area contributed by atoms with Gasteiger partial charge in [-0.05, 0) is 39.7 Å². The van der Waals surface area contributed by atoms with E-state index >= 15 is 0 Å². The van der Waals surface area contributed by atoms with Crippen LogP contribution < -0.4 is 16.4 Å². The van der Waals surface area contributed by atoms with Crippen LogP contribution in [0.25, 0.3) is 0 Å². The van der Waals surface area contributed by atoms with Crippen LogP contribution in [0.4, 0.5) is 4.79 Å². The lowest BCUT2D eigenvalue weighted by molar-refractivity contribution is -0.137. The molecular formula is C23H33N3O6. The predicted molar refractivity (Wildman–Crippen MR) is 119 cm³/mol. The number of rotatable bonds is 11. The molecule has 9 heteroatoms. The van der Waals surface area contributed by atoms with Gasteiger partial charge >= 0.3 is 12.1 Å². The van der Waals surface area contributed by atoms with Crippen LogP contribution in [0.5, 0.6) is 0 Å². The zero-order valence-electron chi connectivity index (χ0n) is 19.1. The Morgan fingerprint density at radius 3 is 2.31 bits per heavy atom. The Labute approximate surface area is 188 Å². The minimum atomic E-state index is -0.945. The Morgan fingerprint density at radius 1 is 1.09 bits per heavy atom. The smallest absolute Gasteiger partial charge is 0.408 e. The second kappa shape index (κ2) is 13.1. The molecule has 0 unspecified atom stereocenters. The first-order chi connectivity index (χ1) is 15.0. The van der Waals surface area contributed by atoms with Gasteiger partial charge < -0.3 is 25.8 Å². The van der Waals surface area contributed by atoms with Crippen LogP contribution in [0.15, 0.2) is 42.5 Å². The van der Waals surface area contributed by atoms with Crippen molar-refractivity contribution in [3.8, 4) is 0 Å². The van der Waals surface area contributed by atoms with E-state index in [4.69, 9.17) is 15.2 Å². The molecule has 3 amide bonds. The summed E-state index contributed by atoms with van der Waals surface area (Å²) < 4.78 is 10.1. The molecule has 0 fully saturated rings. The molecule has 0 heterocycles. The number of carbonyl (C=O) groups excluding carboxylic acids is 4. The molecule has 4 N–H and O–H groups in total. The molecule has 0 bridgehead atoms. The molecule has 2 atom stereocenters. The minimum absolute atomic E-state index is 0.000951. The maximum absolute atomic E-state index is 13.0. The normalized spacial score (nSPS) is 13.1. The molecule has 176 valence electrons. The Hall–Kier alpha value is -3.36. The predicted octanol–water partition coefficient (Wildman–Crippen LogP) is 1.99. The summed E-state index contributed by atoms with van der Waals surface area (Å²) in [5, 5.41) is 5.34. The first kappa shape index (κ1) is 26.7. The number of alkyl carbamates (subject to hydrolysis) is 1. The second-order valence-corrected chi connectivity index (χ2v) is 8.12. The van der Waals surface area contributed by atoms with Gasteiger partial charge in [0.1, 0.15) is 11.6 Å². The molecule has 0 saturated heterocycles. The van der Waals surface area contributed by atoms with Gasteiger partial charge in [-0.3, -0.25) is 9.59 Å². The summed E-state index contributed by atoms with van der Waals surface area (Å²) in [5.41, 5.74) is 5.32. The number of carbonyl (C=O) groups is 4. The molecule has 9 nitrogen and oxygen atoms in total. The van der Waals surface area contributed by atoms with E-state index in [1.807, 2.05) is 30.3 Å². The zero-order valence-corrected chi connectivity index (χ0v) is 19.1. The molecule has 1 aromatic rings. The lowest BCUT2D eigenvalue weighted by Gasteiger charge is -2.25. The highest BCUT2D eigenvalue weighted by molar-refractivity contribution is 5.87. The number of nitrogens with two attached hydrogens (primary N) is 1. The highest BCUT2D eigenvalue weighted by Crippen LogP contribution is 2.09. The van der Waals surface area contributed by atoms with Crippen molar-refractivity contribution in [2.75, 3.05) is 6.61 Å². The molecular weight excluding hydrogens is 414 g/mol. The quantitative estimate of drug-likeness (QED) is 0.350. The molecule has 0 aliphatic rings. The summed E-state index contributed by atoms with van der Waals surface area (Å²) in [6.45, 7) is 7.05. The first-order valence-electron chi connectivity index (χ1n) is 10.5. The summed E-state index contributed by atoms with van der Waals surface area (Å²) in [5.74, 6) is -1.61. The van der Waals surface area contributed by atoms with E-state index in [-0.39, 0.29) is 25.9 Å². The van der Waals surface area contributed by atoms with E-state index < -0.39 is 41.6 Å². The average Bonchev–Trinajstić information content (AvgIpc) is 2.69. The first-order valence-corrected chi connectivity index (χ1v) is 10.5. The third-order valence-corrected chi connectivity index (χ3v) is 4.07. The van der Waals surface area contributed by atoms with Crippen LogP contribution in [-0.4, -0.2) is 48.2 Å². The van der Waals surface area contributed by atoms with Crippen LogP contribution >= 0.6 is 0 Å². The summed E-state index contributed by atoms with van der Waals surface area (Å²) in [4.78, 5) is 48.2. The minimum Gasteiger partial charge on any atom is -0.463 e. The number of hydrogen-bond acceptors (Lipinski definition) is 6. The van der Waals surface area contributed by atoms with Gasteiger partial charge in [0, 0.05) is 25.0 Å². The van der Waals surface area contributed by atoms with E-state index in [9.17, 15) is 19.2 Å². The van der Waals surface area contributed by atoms with Crippen LogP contribution in [0, 0.1) is 0 Å². The van der Waals surface area contributed by atoms with Crippen molar-refractivity contribution in [1.29, 1.82) is 0 Å². The highest BCUT2D eigenvalue weighted by Gasteiger charge is 2.26. The Balaban J connectivity index is 2.99. The number of amides is 3. The van der Waals surface area contributed by atoms with Crippen LogP contribution in [0.1, 0.15) is 46.1 Å². The van der Waals surface area contributed by atoms with Crippen molar-refractivity contribution in [3.63, 3.8) is 0 Å². The van der Waals surface area contributed by atoms with Gasteiger partial charge in [-0.25, -0.2) is 9.59 Å². The maximum Gasteiger partial charge on any atom is 0.408 e. The number of nitrogens with one attached hydrogen (secondary N) is 2. The Kier molecular flexibility index (Phi) is 11.0. The number of benzene rings is 1. The van der Waals surface area contributed by atoms with Gasteiger partial charge in [-0.1, -0.05) is 36.4 Å². The van der Waals surface area contributed by atoms with E-state index in [1.165, 1.54) is 12.2 Å². The monoisotopic (exact) mass is 447 g/mol. The largest absolute Gasteiger partial charge is 0.463 e. The molecule has 0 aliphatic carbocycles. The van der Waals surface area contributed by atoms with Crippen LogP contribution in [-0.2, 0) is 30.3 Å². The lowest BCUT2D eigenvalue weighted by atomic mass is 10.0. The van der Waals surface area contributed by atoms with Gasteiger partial charge in [0.15, 0.2) is 0 Å². The Morgan fingerprint density at radius 2 is 1.75 bits per heavy atom. The molecule has 32 heavy (non-hydrogen) atoms. The van der Waals surface area contributed by atoms with Crippen LogP contribution in [0.3, 0.4) is 0 Å². The molecule has 1 aromatic carbocycles. The average molecular weight is 448 g/mol. The Bertz CT molecular complexity index is 802. The topological polar surface area (TPSA) is 137 Å². The van der Waals surface area contributed by atoms with Gasteiger partial charge in [-0.2, -0.15) is 0 Å². The van der Waals surface area contributed by atoms with Gasteiger partial charge in [0.05, 0.1) is 6.61 Å². The van der Waals surface area contributed by atoms with Crippen molar-refractivity contribution in [2.24, 2.45) is 5.73 Å². The number of ether oxygens (including phenoxy) is 2. The fraction of sp³-hybridized carbons (Fsp3) is 0.478. The van der Waals surface area contributed by atoms with E-state index in [2.05, 4.69) is 10.6 Å². The standard InChI is InChI=1S/C23H33N3O6/c1-5-31-20(28)14-12-17(11-13-19(24)27)25-21(29)18(15-16-9-7-6-8-10-16)26-22(30)32-23(2,3)4/h6-10,12,14,17-18H,5,11,13,15H2,1-4H3,(H2,24,27)(H,25,29)(H,26,30)/b14-12+/t17-,18-/m0/s1. The van der Waals surface area contributed by atoms with Crippen molar-refractivity contribution < 1.29 is 28.7 Å². The zero-order chi connectivity index (χ0) is 24.1.